The van der Waals surface area contributed by atoms with Gasteiger partial charge < -0.3 is 20.1 Å². The van der Waals surface area contributed by atoms with Crippen LogP contribution in [0.15, 0.2) is 36.5 Å². The molecule has 1 unspecified atom stereocenters. The Labute approximate surface area is 165 Å². The van der Waals surface area contributed by atoms with Gasteiger partial charge in [-0.15, -0.1) is 0 Å². The van der Waals surface area contributed by atoms with Crippen LogP contribution in [-0.4, -0.2) is 51.2 Å². The molecule has 1 aliphatic carbocycles. The molecular formula is C22H30N2O4. The molecule has 3 N–H and O–H groups in total. The fraction of sp³-hybridized carbons (Fsp3) is 0.455. The molecule has 0 saturated heterocycles. The summed E-state index contributed by atoms with van der Waals surface area (Å²) in [6.07, 6.45) is 9.57. The zero-order valence-electron chi connectivity index (χ0n) is 16.6. The van der Waals surface area contributed by atoms with Crippen molar-refractivity contribution in [3.63, 3.8) is 0 Å². The van der Waals surface area contributed by atoms with E-state index in [2.05, 4.69) is 48.1 Å². The molecule has 3 rings (SSSR count). The topological polar surface area (TPSA) is 93.6 Å². The lowest BCUT2D eigenvalue weighted by Gasteiger charge is -2.30. The largest absolute Gasteiger partial charge is 0.478 e. The van der Waals surface area contributed by atoms with Crippen LogP contribution < -0.4 is 0 Å². The highest BCUT2D eigenvalue weighted by molar-refractivity contribution is 5.89. The molecule has 0 amide bonds. The van der Waals surface area contributed by atoms with Crippen LogP contribution in [0.3, 0.4) is 0 Å². The molecular weight excluding hydrogens is 356 g/mol. The maximum atomic E-state index is 9.55. The third kappa shape index (κ3) is 5.96. The summed E-state index contributed by atoms with van der Waals surface area (Å²) in [5.74, 6) is -2.51. The smallest absolute Gasteiger partial charge is 0.328 e. The van der Waals surface area contributed by atoms with Gasteiger partial charge in [-0.3, -0.25) is 0 Å². The van der Waals surface area contributed by atoms with Crippen molar-refractivity contribution in [1.82, 2.24) is 9.88 Å². The van der Waals surface area contributed by atoms with Crippen molar-refractivity contribution < 1.29 is 19.8 Å². The van der Waals surface area contributed by atoms with Gasteiger partial charge in [-0.2, -0.15) is 0 Å². The number of aryl methyl sites for hydroxylation is 1. The summed E-state index contributed by atoms with van der Waals surface area (Å²) in [6.45, 7) is 7.07. The molecule has 1 heterocycles. The molecule has 0 bridgehead atoms. The number of carboxylic acids is 2. The minimum absolute atomic E-state index is 0.558. The summed E-state index contributed by atoms with van der Waals surface area (Å²) < 4.78 is 0. The van der Waals surface area contributed by atoms with Gasteiger partial charge in [0.05, 0.1) is 0 Å². The van der Waals surface area contributed by atoms with Gasteiger partial charge >= 0.3 is 11.9 Å². The monoisotopic (exact) mass is 386 g/mol. The van der Waals surface area contributed by atoms with E-state index < -0.39 is 11.9 Å². The first-order chi connectivity index (χ1) is 13.5. The summed E-state index contributed by atoms with van der Waals surface area (Å²) >= 11 is 0. The molecule has 1 aliphatic rings. The normalized spacial score (nSPS) is 16.0. The quantitative estimate of drug-likeness (QED) is 0.628. The molecule has 0 fully saturated rings. The summed E-state index contributed by atoms with van der Waals surface area (Å²) in [5.41, 5.74) is 4.38. The van der Waals surface area contributed by atoms with E-state index in [1.54, 1.807) is 5.56 Å². The van der Waals surface area contributed by atoms with Crippen molar-refractivity contribution >= 4 is 22.8 Å². The Morgan fingerprint density at radius 1 is 1.11 bits per heavy atom. The fourth-order valence-electron chi connectivity index (χ4n) is 3.89. The van der Waals surface area contributed by atoms with Gasteiger partial charge in [-0.05, 0) is 62.4 Å². The molecule has 6 nitrogen and oxygen atoms in total. The average Bonchev–Trinajstić information content (AvgIpc) is 2.98. The van der Waals surface area contributed by atoms with Crippen molar-refractivity contribution in [3.8, 4) is 0 Å². The van der Waals surface area contributed by atoms with E-state index in [0.717, 1.165) is 0 Å². The first-order valence-electron chi connectivity index (χ1n) is 9.92. The maximum absolute atomic E-state index is 9.55. The van der Waals surface area contributed by atoms with Crippen molar-refractivity contribution in [2.75, 3.05) is 13.1 Å². The highest BCUT2D eigenvalue weighted by Gasteiger charge is 2.23. The van der Waals surface area contributed by atoms with Gasteiger partial charge in [0, 0.05) is 35.3 Å². The second-order valence-electron chi connectivity index (χ2n) is 7.10. The van der Waals surface area contributed by atoms with Crippen molar-refractivity contribution in [2.45, 2.75) is 52.0 Å². The molecule has 28 heavy (non-hydrogen) atoms. The molecule has 1 aromatic carbocycles. The van der Waals surface area contributed by atoms with Gasteiger partial charge in [0.25, 0.3) is 0 Å². The molecule has 1 atom stereocenters. The fourth-order valence-corrected chi connectivity index (χ4v) is 3.89. The van der Waals surface area contributed by atoms with E-state index in [9.17, 15) is 9.59 Å². The van der Waals surface area contributed by atoms with Crippen LogP contribution >= 0.6 is 0 Å². The number of nitrogens with zero attached hydrogens (tertiary/aromatic N) is 1. The number of benzene rings is 1. The number of aromatic nitrogens is 1. The molecule has 2 aromatic rings. The standard InChI is InChI=1S/C18H26N2.C4H4O4/c1-3-10-20(11-4-2)16-9-8-15-13-19-17-7-5-6-14(12-16)18(15)17;5-3(6)1-2-4(7)8/h5-7,13,16,19H,3-4,8-12H2,1-2H3;1-2H,(H,5,6)(H,7,8)/b;2-1+. The predicted molar refractivity (Wildman–Crippen MR) is 111 cm³/mol. The minimum atomic E-state index is -1.26. The average molecular weight is 386 g/mol. The molecule has 0 aliphatic heterocycles. The molecule has 6 heteroatoms. The SMILES string of the molecule is CCCN(CCC)C1CCc2c[nH]c3cccc(c23)C1.O=C(O)/C=C/C(=O)O. The van der Waals surface area contributed by atoms with Gasteiger partial charge in [0.1, 0.15) is 0 Å². The van der Waals surface area contributed by atoms with Crippen molar-refractivity contribution in [1.29, 1.82) is 0 Å². The van der Waals surface area contributed by atoms with Gasteiger partial charge in [-0.25, -0.2) is 9.59 Å². The third-order valence-corrected chi connectivity index (χ3v) is 4.98. The van der Waals surface area contributed by atoms with E-state index in [1.165, 1.54) is 61.7 Å². The van der Waals surface area contributed by atoms with Crippen LogP contribution in [-0.2, 0) is 22.4 Å². The highest BCUT2D eigenvalue weighted by atomic mass is 16.4. The molecule has 0 spiro atoms. The Balaban J connectivity index is 0.000000300. The number of rotatable bonds is 7. The molecule has 0 radical (unpaired) electrons. The van der Waals surface area contributed by atoms with Crippen molar-refractivity contribution in [3.05, 3.63) is 47.7 Å². The second-order valence-corrected chi connectivity index (χ2v) is 7.10. The van der Waals surface area contributed by atoms with Crippen LogP contribution in [0.5, 0.6) is 0 Å². The Morgan fingerprint density at radius 3 is 2.32 bits per heavy atom. The number of carboxylic acid groups (broad SMARTS) is 2. The number of hydrogen-bond acceptors (Lipinski definition) is 3. The number of hydrogen-bond donors (Lipinski definition) is 3. The zero-order chi connectivity index (χ0) is 20.5. The van der Waals surface area contributed by atoms with E-state index in [-0.39, 0.29) is 0 Å². The van der Waals surface area contributed by atoms with Crippen LogP contribution in [0.2, 0.25) is 0 Å². The summed E-state index contributed by atoms with van der Waals surface area (Å²) in [5, 5.41) is 17.1. The Hall–Kier alpha value is -2.60. The van der Waals surface area contributed by atoms with Crippen molar-refractivity contribution in [2.24, 2.45) is 0 Å². The van der Waals surface area contributed by atoms with Crippen LogP contribution in [0.4, 0.5) is 0 Å². The van der Waals surface area contributed by atoms with Crippen LogP contribution in [0, 0.1) is 0 Å². The first kappa shape index (κ1) is 21.7. The zero-order valence-corrected chi connectivity index (χ0v) is 16.6. The lowest BCUT2D eigenvalue weighted by Crippen LogP contribution is -2.38. The lowest BCUT2D eigenvalue weighted by atomic mass is 10.0. The lowest BCUT2D eigenvalue weighted by molar-refractivity contribution is -0.134. The number of aromatic amines is 1. The number of carbonyl (C=O) groups is 2. The van der Waals surface area contributed by atoms with E-state index in [4.69, 9.17) is 10.2 Å². The van der Waals surface area contributed by atoms with E-state index in [0.29, 0.717) is 18.2 Å². The minimum Gasteiger partial charge on any atom is -0.478 e. The molecule has 1 aromatic heterocycles. The van der Waals surface area contributed by atoms with Gasteiger partial charge in [0.2, 0.25) is 0 Å². The Bertz CT molecular complexity index is 803. The summed E-state index contributed by atoms with van der Waals surface area (Å²) in [4.78, 5) is 25.3. The second kappa shape index (κ2) is 10.7. The maximum Gasteiger partial charge on any atom is 0.328 e. The molecule has 0 saturated carbocycles. The summed E-state index contributed by atoms with van der Waals surface area (Å²) in [7, 11) is 0. The van der Waals surface area contributed by atoms with Crippen LogP contribution in [0.1, 0.15) is 44.2 Å². The van der Waals surface area contributed by atoms with Gasteiger partial charge in [-0.1, -0.05) is 26.0 Å². The number of H-pyrrole nitrogens is 1. The number of nitrogens with one attached hydrogen (secondary N) is 1. The van der Waals surface area contributed by atoms with Gasteiger partial charge in [0.15, 0.2) is 0 Å². The Morgan fingerprint density at radius 2 is 1.75 bits per heavy atom. The van der Waals surface area contributed by atoms with E-state index in [1.807, 2.05) is 0 Å². The van der Waals surface area contributed by atoms with Crippen LogP contribution in [0.25, 0.3) is 10.9 Å². The first-order valence-corrected chi connectivity index (χ1v) is 9.92. The third-order valence-electron chi connectivity index (χ3n) is 4.98. The van der Waals surface area contributed by atoms with E-state index >= 15 is 0 Å². The molecule has 152 valence electrons. The summed E-state index contributed by atoms with van der Waals surface area (Å²) in [6, 6.07) is 7.45. The predicted octanol–water partition coefficient (Wildman–Crippen LogP) is 3.86. The highest BCUT2D eigenvalue weighted by Crippen LogP contribution is 2.30. The Kier molecular flexibility index (Phi) is 8.26. The number of aliphatic carboxylic acids is 2.